The molecule has 98 valence electrons. The van der Waals surface area contributed by atoms with Crippen LogP contribution in [0, 0.1) is 0 Å². The normalized spacial score (nSPS) is 11.0. The number of methoxy groups -OCH3 is 1. The lowest BCUT2D eigenvalue weighted by Crippen LogP contribution is -2.12. The summed E-state index contributed by atoms with van der Waals surface area (Å²) in [5.41, 5.74) is 0.752. The summed E-state index contributed by atoms with van der Waals surface area (Å²) in [4.78, 5) is 4.29. The lowest BCUT2D eigenvalue weighted by Gasteiger charge is -2.03. The highest BCUT2D eigenvalue weighted by atomic mass is 35.5. The summed E-state index contributed by atoms with van der Waals surface area (Å²) in [6.45, 7) is 2.42. The fourth-order valence-corrected chi connectivity index (χ4v) is 1.57. The maximum absolute atomic E-state index is 5.86. The van der Waals surface area contributed by atoms with Crippen molar-refractivity contribution in [3.05, 3.63) is 23.4 Å². The van der Waals surface area contributed by atoms with E-state index in [-0.39, 0.29) is 0 Å². The molecular formula is C11H15ClN4O2. The van der Waals surface area contributed by atoms with E-state index in [4.69, 9.17) is 21.1 Å². The van der Waals surface area contributed by atoms with Gasteiger partial charge in [-0.15, -0.1) is 5.10 Å². The average molecular weight is 271 g/mol. The third-order valence-electron chi connectivity index (χ3n) is 2.26. The lowest BCUT2D eigenvalue weighted by molar-refractivity contribution is 0.0759. The van der Waals surface area contributed by atoms with E-state index in [0.717, 1.165) is 5.65 Å². The maximum atomic E-state index is 5.86. The summed E-state index contributed by atoms with van der Waals surface area (Å²) in [6.07, 6.45) is 1.71. The summed E-state index contributed by atoms with van der Waals surface area (Å²) >= 11 is 5.86. The van der Waals surface area contributed by atoms with E-state index in [2.05, 4.69) is 15.4 Å². The molecule has 0 spiro atoms. The molecule has 1 N–H and O–H groups in total. The molecule has 0 aromatic carbocycles. The van der Waals surface area contributed by atoms with Crippen LogP contribution in [-0.2, 0) is 9.47 Å². The quantitative estimate of drug-likeness (QED) is 0.772. The Morgan fingerprint density at radius 1 is 1.33 bits per heavy atom. The van der Waals surface area contributed by atoms with E-state index in [1.165, 1.54) is 0 Å². The van der Waals surface area contributed by atoms with Gasteiger partial charge in [0.05, 0.1) is 24.8 Å². The van der Waals surface area contributed by atoms with Crippen LogP contribution in [0.25, 0.3) is 5.65 Å². The summed E-state index contributed by atoms with van der Waals surface area (Å²) in [6, 6.07) is 3.60. The second-order valence-electron chi connectivity index (χ2n) is 3.62. The second-order valence-corrected chi connectivity index (χ2v) is 4.05. The number of fused-ring (bicyclic) bond motifs is 1. The van der Waals surface area contributed by atoms with Crippen molar-refractivity contribution in [2.24, 2.45) is 0 Å². The third kappa shape index (κ3) is 3.56. The van der Waals surface area contributed by atoms with Crippen molar-refractivity contribution in [2.45, 2.75) is 0 Å². The minimum absolute atomic E-state index is 0.563. The zero-order valence-electron chi connectivity index (χ0n) is 10.1. The van der Waals surface area contributed by atoms with E-state index in [1.54, 1.807) is 23.9 Å². The Labute approximate surface area is 110 Å². The predicted molar refractivity (Wildman–Crippen MR) is 69.2 cm³/mol. The van der Waals surface area contributed by atoms with Crippen LogP contribution in [-0.4, -0.2) is 48.1 Å². The lowest BCUT2D eigenvalue weighted by atomic mass is 10.5. The number of halogens is 1. The van der Waals surface area contributed by atoms with Gasteiger partial charge in [-0.05, 0) is 12.1 Å². The molecule has 2 heterocycles. The topological polar surface area (TPSA) is 60.7 Å². The molecular weight excluding hydrogens is 256 g/mol. The number of anilines is 1. The highest BCUT2D eigenvalue weighted by molar-refractivity contribution is 6.30. The molecule has 0 unspecified atom stereocenters. The van der Waals surface area contributed by atoms with Crippen molar-refractivity contribution < 1.29 is 9.47 Å². The fraction of sp³-hybridized carbons (Fsp3) is 0.455. The zero-order chi connectivity index (χ0) is 12.8. The van der Waals surface area contributed by atoms with Crippen molar-refractivity contribution >= 4 is 23.2 Å². The Morgan fingerprint density at radius 3 is 3.06 bits per heavy atom. The first-order valence-corrected chi connectivity index (χ1v) is 6.00. The van der Waals surface area contributed by atoms with Gasteiger partial charge >= 0.3 is 0 Å². The molecule has 2 aromatic rings. The molecule has 0 saturated heterocycles. The Kier molecular flexibility index (Phi) is 4.74. The van der Waals surface area contributed by atoms with Gasteiger partial charge < -0.3 is 14.8 Å². The maximum Gasteiger partial charge on any atom is 0.243 e. The zero-order valence-corrected chi connectivity index (χ0v) is 10.9. The van der Waals surface area contributed by atoms with Gasteiger partial charge in [0.2, 0.25) is 5.95 Å². The van der Waals surface area contributed by atoms with Gasteiger partial charge in [-0.25, -0.2) is 4.52 Å². The summed E-state index contributed by atoms with van der Waals surface area (Å²) in [7, 11) is 1.65. The molecule has 18 heavy (non-hydrogen) atoms. The van der Waals surface area contributed by atoms with Gasteiger partial charge in [-0.3, -0.25) is 0 Å². The smallest absolute Gasteiger partial charge is 0.243 e. The Morgan fingerprint density at radius 2 is 2.22 bits per heavy atom. The number of aromatic nitrogens is 3. The van der Waals surface area contributed by atoms with Crippen LogP contribution in [0.2, 0.25) is 5.02 Å². The molecule has 0 saturated carbocycles. The molecule has 0 fully saturated rings. The van der Waals surface area contributed by atoms with Gasteiger partial charge in [0, 0.05) is 19.9 Å². The molecule has 0 aliphatic heterocycles. The van der Waals surface area contributed by atoms with E-state index < -0.39 is 0 Å². The van der Waals surface area contributed by atoms with E-state index in [1.807, 2.05) is 6.07 Å². The van der Waals surface area contributed by atoms with Gasteiger partial charge in [0.1, 0.15) is 0 Å². The highest BCUT2D eigenvalue weighted by Crippen LogP contribution is 2.11. The van der Waals surface area contributed by atoms with Gasteiger partial charge in [-0.1, -0.05) is 11.6 Å². The van der Waals surface area contributed by atoms with E-state index in [9.17, 15) is 0 Å². The SMILES string of the molecule is COCCOCCNc1nc2ccc(Cl)cn2n1. The predicted octanol–water partition coefficient (Wildman–Crippen LogP) is 1.46. The Bertz CT molecular complexity index is 503. The molecule has 2 aromatic heterocycles. The standard InChI is InChI=1S/C11H15ClN4O2/c1-17-6-7-18-5-4-13-11-14-10-3-2-9(12)8-16(10)15-11/h2-3,8H,4-7H2,1H3,(H,13,15). The summed E-state index contributed by atoms with van der Waals surface area (Å²) < 4.78 is 11.8. The number of nitrogens with zero attached hydrogens (tertiary/aromatic N) is 3. The van der Waals surface area contributed by atoms with Crippen molar-refractivity contribution in [1.82, 2.24) is 14.6 Å². The Hall–Kier alpha value is -1.37. The summed E-state index contributed by atoms with van der Waals surface area (Å²) in [5.74, 6) is 0.563. The molecule has 0 amide bonds. The molecule has 0 aliphatic rings. The van der Waals surface area contributed by atoms with Gasteiger partial charge in [-0.2, -0.15) is 4.98 Å². The largest absolute Gasteiger partial charge is 0.382 e. The number of ether oxygens (including phenoxy) is 2. The minimum Gasteiger partial charge on any atom is -0.382 e. The van der Waals surface area contributed by atoms with Gasteiger partial charge in [0.15, 0.2) is 5.65 Å². The van der Waals surface area contributed by atoms with Crippen LogP contribution in [0.3, 0.4) is 0 Å². The van der Waals surface area contributed by atoms with E-state index >= 15 is 0 Å². The van der Waals surface area contributed by atoms with Crippen LogP contribution in [0.1, 0.15) is 0 Å². The van der Waals surface area contributed by atoms with Crippen molar-refractivity contribution in [3.8, 4) is 0 Å². The second kappa shape index (κ2) is 6.53. The Balaban J connectivity index is 1.81. The molecule has 6 nitrogen and oxygen atoms in total. The number of pyridine rings is 1. The number of hydrogen-bond acceptors (Lipinski definition) is 5. The average Bonchev–Trinajstić information content (AvgIpc) is 2.75. The monoisotopic (exact) mass is 270 g/mol. The van der Waals surface area contributed by atoms with Crippen molar-refractivity contribution in [1.29, 1.82) is 0 Å². The molecule has 0 atom stereocenters. The van der Waals surface area contributed by atoms with Crippen molar-refractivity contribution in [2.75, 3.05) is 38.8 Å². The summed E-state index contributed by atoms with van der Waals surface area (Å²) in [5, 5.41) is 7.94. The first-order valence-electron chi connectivity index (χ1n) is 5.62. The highest BCUT2D eigenvalue weighted by Gasteiger charge is 2.02. The third-order valence-corrected chi connectivity index (χ3v) is 2.48. The van der Waals surface area contributed by atoms with Gasteiger partial charge in [0.25, 0.3) is 0 Å². The number of hydrogen-bond donors (Lipinski definition) is 1. The first kappa shape index (κ1) is 13.1. The van der Waals surface area contributed by atoms with Crippen LogP contribution >= 0.6 is 11.6 Å². The minimum atomic E-state index is 0.563. The van der Waals surface area contributed by atoms with Crippen LogP contribution in [0.15, 0.2) is 18.3 Å². The van der Waals surface area contributed by atoms with Crippen LogP contribution in [0.5, 0.6) is 0 Å². The number of rotatable bonds is 7. The molecule has 0 radical (unpaired) electrons. The molecule has 7 heteroatoms. The fourth-order valence-electron chi connectivity index (χ4n) is 1.41. The number of nitrogens with one attached hydrogen (secondary N) is 1. The first-order chi connectivity index (χ1) is 8.79. The van der Waals surface area contributed by atoms with Crippen molar-refractivity contribution in [3.63, 3.8) is 0 Å². The molecule has 0 bridgehead atoms. The molecule has 2 rings (SSSR count). The van der Waals surface area contributed by atoms with Crippen LogP contribution < -0.4 is 5.32 Å². The van der Waals surface area contributed by atoms with E-state index in [0.29, 0.717) is 37.3 Å². The van der Waals surface area contributed by atoms with Crippen LogP contribution in [0.4, 0.5) is 5.95 Å². The molecule has 0 aliphatic carbocycles.